The van der Waals surface area contributed by atoms with E-state index in [1.54, 1.807) is 61.6 Å². The molecular weight excluding hydrogens is 505 g/mol. The second kappa shape index (κ2) is 10.2. The van der Waals surface area contributed by atoms with Gasteiger partial charge in [-0.3, -0.25) is 14.2 Å². The summed E-state index contributed by atoms with van der Waals surface area (Å²) >= 11 is 12.2. The minimum Gasteiger partial charge on any atom is -0.464 e. The average Bonchev–Trinajstić information content (AvgIpc) is 2.87. The number of methoxy groups -OCH3 is 1. The lowest BCUT2D eigenvalue weighted by Gasteiger charge is -2.12. The molecule has 0 radical (unpaired) electrons. The van der Waals surface area contributed by atoms with E-state index in [1.807, 2.05) is 0 Å². The molecule has 0 atom stereocenters. The molecule has 1 heterocycles. The second-order valence-electron chi connectivity index (χ2n) is 7.69. The summed E-state index contributed by atoms with van der Waals surface area (Å²) in [6.45, 7) is 0. The summed E-state index contributed by atoms with van der Waals surface area (Å²) in [6.07, 6.45) is 1.39. The minimum absolute atomic E-state index is 0.0116. The average molecular weight is 524 g/mol. The lowest BCUT2D eigenvalue weighted by atomic mass is 10.1. The van der Waals surface area contributed by atoms with Gasteiger partial charge < -0.3 is 10.1 Å². The normalized spacial score (nSPS) is 11.4. The van der Waals surface area contributed by atoms with Crippen molar-refractivity contribution in [2.75, 3.05) is 7.11 Å². The minimum atomic E-state index is -0.796. The molecule has 4 aromatic rings. The maximum atomic E-state index is 13.0. The van der Waals surface area contributed by atoms with Gasteiger partial charge in [-0.1, -0.05) is 53.5 Å². The summed E-state index contributed by atoms with van der Waals surface area (Å²) in [6, 6.07) is 17.7. The molecule has 0 fully saturated rings. The zero-order valence-corrected chi connectivity index (χ0v) is 20.6. The third-order valence-corrected chi connectivity index (χ3v) is 6.11. The van der Waals surface area contributed by atoms with E-state index >= 15 is 0 Å². The summed E-state index contributed by atoms with van der Waals surface area (Å²) in [5, 5.41) is 3.12. The van der Waals surface area contributed by atoms with Gasteiger partial charge >= 0.3 is 11.7 Å². The van der Waals surface area contributed by atoms with Crippen LogP contribution in [0, 0.1) is 0 Å². The fourth-order valence-corrected chi connectivity index (χ4v) is 4.25. The number of benzene rings is 3. The molecule has 0 aliphatic heterocycles. The van der Waals surface area contributed by atoms with Gasteiger partial charge in [0.2, 0.25) is 0 Å². The Hall–Kier alpha value is -4.14. The SMILES string of the molecule is COC(=O)/C(=C/c1ccc(-n2c(=O)c3ccccc3n(C)c2=O)cc1)NC(=O)c1c(Cl)cccc1Cl. The summed E-state index contributed by atoms with van der Waals surface area (Å²) < 4.78 is 7.25. The van der Waals surface area contributed by atoms with Gasteiger partial charge in [0.1, 0.15) is 5.70 Å². The van der Waals surface area contributed by atoms with E-state index in [4.69, 9.17) is 27.9 Å². The Kier molecular flexibility index (Phi) is 7.10. The fourth-order valence-electron chi connectivity index (χ4n) is 3.68. The number of amides is 1. The van der Waals surface area contributed by atoms with Crippen LogP contribution in [-0.4, -0.2) is 28.1 Å². The molecule has 0 aliphatic rings. The fraction of sp³-hybridized carbons (Fsp3) is 0.0769. The largest absolute Gasteiger partial charge is 0.464 e. The summed E-state index contributed by atoms with van der Waals surface area (Å²) in [7, 11) is 2.77. The Bertz CT molecular complexity index is 1630. The standard InChI is InChI=1S/C26H19Cl2N3O5/c1-30-21-9-4-3-6-17(21)24(33)31(26(30)35)16-12-10-15(11-13-16)14-20(25(34)36-2)29-23(32)22-18(27)7-5-8-19(22)28/h3-14H,1-2H3,(H,29,32)/b20-14-. The number of aromatic nitrogens is 2. The molecule has 4 rings (SSSR count). The van der Waals surface area contributed by atoms with E-state index in [1.165, 1.54) is 29.9 Å². The molecule has 36 heavy (non-hydrogen) atoms. The molecule has 0 saturated heterocycles. The Balaban J connectivity index is 1.71. The highest BCUT2D eigenvalue weighted by Gasteiger charge is 2.19. The highest BCUT2D eigenvalue weighted by molar-refractivity contribution is 6.39. The molecule has 3 aromatic carbocycles. The van der Waals surface area contributed by atoms with Crippen molar-refractivity contribution in [3.63, 3.8) is 0 Å². The van der Waals surface area contributed by atoms with Gasteiger partial charge in [-0.2, -0.15) is 0 Å². The van der Waals surface area contributed by atoms with Gasteiger partial charge in [0, 0.05) is 7.05 Å². The third kappa shape index (κ3) is 4.68. The number of fused-ring (bicyclic) bond motifs is 1. The van der Waals surface area contributed by atoms with Crippen molar-refractivity contribution in [2.45, 2.75) is 0 Å². The van der Waals surface area contributed by atoms with Gasteiger partial charge in [0.25, 0.3) is 11.5 Å². The van der Waals surface area contributed by atoms with Crippen LogP contribution in [0.25, 0.3) is 22.7 Å². The Morgan fingerprint density at radius 3 is 2.19 bits per heavy atom. The lowest BCUT2D eigenvalue weighted by molar-refractivity contribution is -0.136. The molecule has 0 spiro atoms. The number of ether oxygens (including phenoxy) is 1. The first-order chi connectivity index (χ1) is 17.2. The van der Waals surface area contributed by atoms with Crippen molar-refractivity contribution in [1.82, 2.24) is 14.5 Å². The maximum absolute atomic E-state index is 13.0. The molecule has 10 heteroatoms. The van der Waals surface area contributed by atoms with E-state index in [-0.39, 0.29) is 21.3 Å². The summed E-state index contributed by atoms with van der Waals surface area (Å²) in [5.41, 5.74) is 0.269. The zero-order chi connectivity index (χ0) is 26.0. The number of carbonyl (C=O) groups is 2. The Morgan fingerprint density at radius 1 is 0.917 bits per heavy atom. The van der Waals surface area contributed by atoms with Gasteiger partial charge in [0.15, 0.2) is 0 Å². The number of nitrogens with zero attached hydrogens (tertiary/aromatic N) is 2. The van der Waals surface area contributed by atoms with Crippen LogP contribution in [0.3, 0.4) is 0 Å². The van der Waals surface area contributed by atoms with Gasteiger partial charge in [-0.15, -0.1) is 0 Å². The number of carbonyl (C=O) groups excluding carboxylic acids is 2. The molecule has 8 nitrogen and oxygen atoms in total. The van der Waals surface area contributed by atoms with E-state index in [2.05, 4.69) is 5.32 Å². The molecule has 182 valence electrons. The van der Waals surface area contributed by atoms with E-state index in [0.717, 1.165) is 4.57 Å². The summed E-state index contributed by atoms with van der Waals surface area (Å²) in [5.74, 6) is -1.49. The van der Waals surface area contributed by atoms with Crippen LogP contribution >= 0.6 is 23.2 Å². The van der Waals surface area contributed by atoms with Gasteiger partial charge in [-0.05, 0) is 48.0 Å². The second-order valence-corrected chi connectivity index (χ2v) is 8.51. The first-order valence-electron chi connectivity index (χ1n) is 10.6. The number of para-hydroxylation sites is 1. The Labute approximate surface area is 215 Å². The lowest BCUT2D eigenvalue weighted by Crippen LogP contribution is -2.37. The first-order valence-corrected chi connectivity index (χ1v) is 11.3. The molecule has 0 bridgehead atoms. The van der Waals surface area contributed by atoms with Crippen LogP contribution < -0.4 is 16.6 Å². The molecular formula is C26H19Cl2N3O5. The molecule has 1 aromatic heterocycles. The maximum Gasteiger partial charge on any atom is 0.354 e. The number of halogens is 2. The van der Waals surface area contributed by atoms with Crippen molar-refractivity contribution in [3.05, 3.63) is 114 Å². The van der Waals surface area contributed by atoms with Crippen molar-refractivity contribution in [1.29, 1.82) is 0 Å². The molecule has 0 aliphatic carbocycles. The Morgan fingerprint density at radius 2 is 1.56 bits per heavy atom. The van der Waals surface area contributed by atoms with Crippen LogP contribution in [0.4, 0.5) is 0 Å². The molecule has 1 amide bonds. The topological polar surface area (TPSA) is 99.4 Å². The van der Waals surface area contributed by atoms with E-state index < -0.39 is 23.1 Å². The number of hydrogen-bond acceptors (Lipinski definition) is 5. The molecule has 0 saturated carbocycles. The van der Waals surface area contributed by atoms with Crippen LogP contribution in [-0.2, 0) is 16.6 Å². The highest BCUT2D eigenvalue weighted by atomic mass is 35.5. The number of hydrogen-bond donors (Lipinski definition) is 1. The molecule has 0 unspecified atom stereocenters. The van der Waals surface area contributed by atoms with Crippen molar-refractivity contribution < 1.29 is 14.3 Å². The van der Waals surface area contributed by atoms with Crippen molar-refractivity contribution >= 4 is 52.1 Å². The van der Waals surface area contributed by atoms with Crippen LogP contribution in [0.5, 0.6) is 0 Å². The third-order valence-electron chi connectivity index (χ3n) is 5.48. The van der Waals surface area contributed by atoms with Gasteiger partial charge in [0.05, 0.1) is 39.3 Å². The number of aryl methyl sites for hydroxylation is 1. The smallest absolute Gasteiger partial charge is 0.354 e. The zero-order valence-electron chi connectivity index (χ0n) is 19.1. The van der Waals surface area contributed by atoms with Crippen LogP contribution in [0.15, 0.2) is 82.0 Å². The van der Waals surface area contributed by atoms with Crippen molar-refractivity contribution in [3.8, 4) is 5.69 Å². The molecule has 1 N–H and O–H groups in total. The number of esters is 1. The predicted molar refractivity (Wildman–Crippen MR) is 139 cm³/mol. The number of nitrogens with one attached hydrogen (secondary N) is 1. The quantitative estimate of drug-likeness (QED) is 0.315. The van der Waals surface area contributed by atoms with Crippen molar-refractivity contribution in [2.24, 2.45) is 7.05 Å². The van der Waals surface area contributed by atoms with Crippen LogP contribution in [0.2, 0.25) is 10.0 Å². The monoisotopic (exact) mass is 523 g/mol. The summed E-state index contributed by atoms with van der Waals surface area (Å²) in [4.78, 5) is 51.0. The highest BCUT2D eigenvalue weighted by Crippen LogP contribution is 2.24. The van der Waals surface area contributed by atoms with E-state index in [0.29, 0.717) is 22.2 Å². The predicted octanol–water partition coefficient (Wildman–Crippen LogP) is 3.94. The first kappa shape index (κ1) is 25.0. The number of rotatable bonds is 5. The van der Waals surface area contributed by atoms with Gasteiger partial charge in [-0.25, -0.2) is 14.2 Å². The van der Waals surface area contributed by atoms with Crippen LogP contribution in [0.1, 0.15) is 15.9 Å². The van der Waals surface area contributed by atoms with E-state index in [9.17, 15) is 19.2 Å².